The number of hydrogen-bond donors (Lipinski definition) is 1. The molecule has 112 valence electrons. The largest absolute Gasteiger partial charge is 0.491 e. The van der Waals surface area contributed by atoms with Crippen molar-refractivity contribution >= 4 is 10.9 Å². The van der Waals surface area contributed by atoms with Gasteiger partial charge in [-0.3, -0.25) is 4.98 Å². The van der Waals surface area contributed by atoms with E-state index < -0.39 is 12.8 Å². The predicted octanol–water partition coefficient (Wildman–Crippen LogP) is 3.01. The quantitative estimate of drug-likeness (QED) is 0.786. The van der Waals surface area contributed by atoms with E-state index in [1.807, 2.05) is 42.5 Å². The van der Waals surface area contributed by atoms with E-state index in [0.717, 1.165) is 22.3 Å². The normalized spacial score (nSPS) is 12.3. The van der Waals surface area contributed by atoms with Crippen molar-refractivity contribution in [2.75, 3.05) is 13.3 Å². The molecule has 3 aromatic rings. The Morgan fingerprint density at radius 2 is 2.00 bits per heavy atom. The zero-order chi connectivity index (χ0) is 15.4. The van der Waals surface area contributed by atoms with Crippen LogP contribution in [0.3, 0.4) is 0 Å². The molecule has 2 heterocycles. The van der Waals surface area contributed by atoms with Gasteiger partial charge < -0.3 is 9.84 Å². The summed E-state index contributed by atoms with van der Waals surface area (Å²) >= 11 is 0. The Labute approximate surface area is 127 Å². The number of alkyl halides is 1. The molecule has 0 spiro atoms. The van der Waals surface area contributed by atoms with Crippen molar-refractivity contribution in [2.24, 2.45) is 0 Å². The fraction of sp³-hybridized carbons (Fsp3) is 0.176. The lowest BCUT2D eigenvalue weighted by molar-refractivity contribution is 0.0842. The summed E-state index contributed by atoms with van der Waals surface area (Å²) in [5.74, 6) is 0.576. The van der Waals surface area contributed by atoms with Crippen molar-refractivity contribution in [3.63, 3.8) is 0 Å². The molecule has 0 saturated carbocycles. The number of aliphatic hydroxyl groups is 1. The zero-order valence-corrected chi connectivity index (χ0v) is 11.8. The lowest BCUT2D eigenvalue weighted by atomic mass is 10.1. The fourth-order valence-corrected chi connectivity index (χ4v) is 2.09. The minimum absolute atomic E-state index is 0.0680. The molecule has 0 amide bonds. The van der Waals surface area contributed by atoms with Crippen LogP contribution in [0.25, 0.3) is 22.3 Å². The van der Waals surface area contributed by atoms with Crippen LogP contribution in [0, 0.1) is 0 Å². The summed E-state index contributed by atoms with van der Waals surface area (Å²) in [6, 6.07) is 14.9. The number of halogens is 1. The number of aliphatic hydroxyl groups excluding tert-OH is 1. The number of hydrogen-bond acceptors (Lipinski definition) is 4. The number of rotatable bonds is 5. The maximum absolute atomic E-state index is 12.2. The maximum Gasteiger partial charge on any atom is 0.120 e. The molecule has 1 unspecified atom stereocenters. The van der Waals surface area contributed by atoms with Crippen LogP contribution in [0.5, 0.6) is 5.75 Å². The average molecular weight is 298 g/mol. The van der Waals surface area contributed by atoms with Crippen LogP contribution in [0.15, 0.2) is 54.7 Å². The van der Waals surface area contributed by atoms with Gasteiger partial charge in [-0.05, 0) is 36.4 Å². The van der Waals surface area contributed by atoms with Gasteiger partial charge in [0.05, 0.1) is 16.9 Å². The van der Waals surface area contributed by atoms with Crippen molar-refractivity contribution in [1.29, 1.82) is 0 Å². The lowest BCUT2D eigenvalue weighted by Crippen LogP contribution is -2.19. The molecule has 1 atom stereocenters. The molecule has 1 N–H and O–H groups in total. The van der Waals surface area contributed by atoms with Gasteiger partial charge in [0.1, 0.15) is 25.1 Å². The number of nitrogens with zero attached hydrogens (tertiary/aromatic N) is 2. The topological polar surface area (TPSA) is 55.2 Å². The molecule has 0 saturated heterocycles. The smallest absolute Gasteiger partial charge is 0.120 e. The summed E-state index contributed by atoms with van der Waals surface area (Å²) < 4.78 is 17.6. The minimum atomic E-state index is -1.10. The van der Waals surface area contributed by atoms with E-state index in [4.69, 9.17) is 4.74 Å². The van der Waals surface area contributed by atoms with E-state index >= 15 is 0 Å². The molecule has 0 fully saturated rings. The van der Waals surface area contributed by atoms with Crippen molar-refractivity contribution in [3.8, 4) is 17.1 Å². The van der Waals surface area contributed by atoms with Crippen LogP contribution >= 0.6 is 0 Å². The van der Waals surface area contributed by atoms with Crippen LogP contribution in [0.4, 0.5) is 4.39 Å². The SMILES string of the molecule is OC(CF)COc1ccc2nc(-c3ccccn3)ccc2c1. The molecule has 3 rings (SSSR count). The highest BCUT2D eigenvalue weighted by molar-refractivity contribution is 5.82. The van der Waals surface area contributed by atoms with Crippen LogP contribution in [0.1, 0.15) is 0 Å². The number of fused-ring (bicyclic) bond motifs is 1. The Morgan fingerprint density at radius 3 is 2.77 bits per heavy atom. The van der Waals surface area contributed by atoms with E-state index in [2.05, 4.69) is 9.97 Å². The van der Waals surface area contributed by atoms with Crippen molar-refractivity contribution < 1.29 is 14.2 Å². The molecule has 4 nitrogen and oxygen atoms in total. The molecular weight excluding hydrogens is 283 g/mol. The predicted molar refractivity (Wildman–Crippen MR) is 82.5 cm³/mol. The summed E-state index contributed by atoms with van der Waals surface area (Å²) in [5.41, 5.74) is 2.44. The molecule has 2 aromatic heterocycles. The second-order valence-electron chi connectivity index (χ2n) is 4.89. The molecule has 0 aliphatic rings. The van der Waals surface area contributed by atoms with E-state index in [-0.39, 0.29) is 6.61 Å². The molecule has 22 heavy (non-hydrogen) atoms. The van der Waals surface area contributed by atoms with Gasteiger partial charge in [0.15, 0.2) is 0 Å². The maximum atomic E-state index is 12.2. The first-order chi connectivity index (χ1) is 10.8. The summed E-state index contributed by atoms with van der Waals surface area (Å²) in [7, 11) is 0. The first-order valence-electron chi connectivity index (χ1n) is 6.95. The Kier molecular flexibility index (Phi) is 4.25. The highest BCUT2D eigenvalue weighted by Crippen LogP contribution is 2.23. The zero-order valence-electron chi connectivity index (χ0n) is 11.8. The van der Waals surface area contributed by atoms with Gasteiger partial charge in [0.2, 0.25) is 0 Å². The highest BCUT2D eigenvalue weighted by Gasteiger charge is 2.06. The third-order valence-corrected chi connectivity index (χ3v) is 3.21. The van der Waals surface area contributed by atoms with E-state index in [0.29, 0.717) is 5.75 Å². The second kappa shape index (κ2) is 6.49. The van der Waals surface area contributed by atoms with Gasteiger partial charge >= 0.3 is 0 Å². The van der Waals surface area contributed by atoms with E-state index in [9.17, 15) is 9.50 Å². The highest BCUT2D eigenvalue weighted by atomic mass is 19.1. The molecule has 5 heteroatoms. The van der Waals surface area contributed by atoms with Gasteiger partial charge in [-0.25, -0.2) is 9.37 Å². The first kappa shape index (κ1) is 14.4. The Balaban J connectivity index is 1.85. The second-order valence-corrected chi connectivity index (χ2v) is 4.89. The van der Waals surface area contributed by atoms with Gasteiger partial charge in [-0.1, -0.05) is 12.1 Å². The first-order valence-corrected chi connectivity index (χ1v) is 6.95. The van der Waals surface area contributed by atoms with E-state index in [1.165, 1.54) is 0 Å². The standard InChI is InChI=1S/C17H15FN2O2/c18-10-13(21)11-22-14-5-7-15-12(9-14)4-6-17(20-15)16-3-1-2-8-19-16/h1-9,13,21H,10-11H2. The number of pyridine rings is 2. The summed E-state index contributed by atoms with van der Waals surface area (Å²) in [4.78, 5) is 8.85. The molecule has 1 aromatic carbocycles. The van der Waals surface area contributed by atoms with Crippen LogP contribution in [0.2, 0.25) is 0 Å². The summed E-state index contributed by atoms with van der Waals surface area (Å²) in [5, 5.41) is 10.1. The third-order valence-electron chi connectivity index (χ3n) is 3.21. The van der Waals surface area contributed by atoms with Crippen molar-refractivity contribution in [3.05, 3.63) is 54.7 Å². The van der Waals surface area contributed by atoms with Gasteiger partial charge in [-0.15, -0.1) is 0 Å². The number of benzene rings is 1. The van der Waals surface area contributed by atoms with Gasteiger partial charge in [0.25, 0.3) is 0 Å². The molecular formula is C17H15FN2O2. The van der Waals surface area contributed by atoms with Gasteiger partial charge in [0, 0.05) is 11.6 Å². The Hall–Kier alpha value is -2.53. The molecule has 0 aliphatic carbocycles. The monoisotopic (exact) mass is 298 g/mol. The van der Waals surface area contributed by atoms with Crippen LogP contribution in [-0.4, -0.2) is 34.5 Å². The summed E-state index contributed by atoms with van der Waals surface area (Å²) in [6.07, 6.45) is 0.634. The summed E-state index contributed by atoms with van der Waals surface area (Å²) in [6.45, 7) is -0.885. The molecule has 0 aliphatic heterocycles. The molecule has 0 bridgehead atoms. The van der Waals surface area contributed by atoms with Crippen molar-refractivity contribution in [1.82, 2.24) is 9.97 Å². The van der Waals surface area contributed by atoms with Crippen LogP contribution in [-0.2, 0) is 0 Å². The van der Waals surface area contributed by atoms with Gasteiger partial charge in [-0.2, -0.15) is 0 Å². The number of aromatic nitrogens is 2. The van der Waals surface area contributed by atoms with Crippen molar-refractivity contribution in [2.45, 2.75) is 6.10 Å². The third kappa shape index (κ3) is 3.20. The lowest BCUT2D eigenvalue weighted by Gasteiger charge is -2.10. The Morgan fingerprint density at radius 1 is 1.09 bits per heavy atom. The van der Waals surface area contributed by atoms with E-state index in [1.54, 1.807) is 12.3 Å². The van der Waals surface area contributed by atoms with Crippen LogP contribution < -0.4 is 4.74 Å². The minimum Gasteiger partial charge on any atom is -0.491 e. The molecule has 0 radical (unpaired) electrons. The Bertz CT molecular complexity index is 765. The average Bonchev–Trinajstić information content (AvgIpc) is 2.59. The fourth-order valence-electron chi connectivity index (χ4n) is 2.09. The number of ether oxygens (including phenoxy) is 1.